The maximum absolute atomic E-state index is 12.3. The van der Waals surface area contributed by atoms with Crippen molar-refractivity contribution in [1.29, 1.82) is 0 Å². The second kappa shape index (κ2) is 9.54. The number of aryl methyl sites for hydroxylation is 1. The first-order chi connectivity index (χ1) is 14.7. The van der Waals surface area contributed by atoms with Gasteiger partial charge in [-0.15, -0.1) is 0 Å². The standard InChI is InChI=1S/C26H35N3O2/c1-7-11-29-24-12-18(2)21(15-23(24)19(3)16-26(29,4)5)17-27-28-25(30)14-20-9-8-10-22(13-20)31-6/h8-10,12-13,15,17,19H,7,11,14,16H2,1-6H3,(H,28,30)/b27-17+. The van der Waals surface area contributed by atoms with Gasteiger partial charge in [-0.2, -0.15) is 5.10 Å². The van der Waals surface area contributed by atoms with Crippen LogP contribution >= 0.6 is 0 Å². The van der Waals surface area contributed by atoms with Gasteiger partial charge in [0.25, 0.3) is 0 Å². The quantitative estimate of drug-likeness (QED) is 0.494. The van der Waals surface area contributed by atoms with Crippen molar-refractivity contribution in [2.45, 2.75) is 65.3 Å². The minimum Gasteiger partial charge on any atom is -0.497 e. The highest BCUT2D eigenvalue weighted by Crippen LogP contribution is 2.44. The smallest absolute Gasteiger partial charge is 0.244 e. The number of methoxy groups -OCH3 is 1. The molecule has 0 bridgehead atoms. The Bertz CT molecular complexity index is 965. The summed E-state index contributed by atoms with van der Waals surface area (Å²) in [6.07, 6.45) is 4.27. The van der Waals surface area contributed by atoms with E-state index in [0.717, 1.165) is 41.8 Å². The first-order valence-electron chi connectivity index (χ1n) is 11.1. The van der Waals surface area contributed by atoms with Gasteiger partial charge in [-0.05, 0) is 86.1 Å². The van der Waals surface area contributed by atoms with E-state index in [2.05, 4.69) is 62.2 Å². The van der Waals surface area contributed by atoms with Crippen molar-refractivity contribution in [1.82, 2.24) is 5.43 Å². The molecule has 0 fully saturated rings. The molecule has 0 saturated heterocycles. The number of hydrogen-bond acceptors (Lipinski definition) is 4. The Morgan fingerprint density at radius 2 is 2.10 bits per heavy atom. The summed E-state index contributed by atoms with van der Waals surface area (Å²) in [5, 5.41) is 4.23. The molecular formula is C26H35N3O2. The molecule has 31 heavy (non-hydrogen) atoms. The van der Waals surface area contributed by atoms with Crippen LogP contribution in [0, 0.1) is 6.92 Å². The van der Waals surface area contributed by atoms with Crippen LogP contribution in [-0.4, -0.2) is 31.3 Å². The molecule has 0 saturated carbocycles. The van der Waals surface area contributed by atoms with Gasteiger partial charge in [-0.3, -0.25) is 4.79 Å². The van der Waals surface area contributed by atoms with Gasteiger partial charge < -0.3 is 9.64 Å². The molecule has 0 radical (unpaired) electrons. The molecular weight excluding hydrogens is 386 g/mol. The molecule has 5 nitrogen and oxygen atoms in total. The van der Waals surface area contributed by atoms with Gasteiger partial charge >= 0.3 is 0 Å². The Morgan fingerprint density at radius 1 is 1.32 bits per heavy atom. The number of carbonyl (C=O) groups excluding carboxylic acids is 1. The van der Waals surface area contributed by atoms with E-state index in [0.29, 0.717) is 5.92 Å². The van der Waals surface area contributed by atoms with Crippen LogP contribution in [0.4, 0.5) is 5.69 Å². The van der Waals surface area contributed by atoms with Gasteiger partial charge in [0.05, 0.1) is 19.7 Å². The molecule has 1 unspecified atom stereocenters. The van der Waals surface area contributed by atoms with Crippen LogP contribution in [-0.2, 0) is 11.2 Å². The van der Waals surface area contributed by atoms with Crippen LogP contribution < -0.4 is 15.1 Å². The lowest BCUT2D eigenvalue weighted by Gasteiger charge is -2.48. The summed E-state index contributed by atoms with van der Waals surface area (Å²) in [6.45, 7) is 12.4. The monoisotopic (exact) mass is 421 g/mol. The number of ether oxygens (including phenoxy) is 1. The van der Waals surface area contributed by atoms with Crippen LogP contribution in [0.15, 0.2) is 41.5 Å². The van der Waals surface area contributed by atoms with Gasteiger partial charge in [-0.25, -0.2) is 5.43 Å². The number of hydrogen-bond donors (Lipinski definition) is 1. The van der Waals surface area contributed by atoms with E-state index in [4.69, 9.17) is 4.74 Å². The number of hydrazone groups is 1. The normalized spacial score (nSPS) is 17.5. The van der Waals surface area contributed by atoms with E-state index in [-0.39, 0.29) is 17.9 Å². The Balaban J connectivity index is 1.74. The molecule has 1 N–H and O–H groups in total. The van der Waals surface area contributed by atoms with Gasteiger partial charge in [0, 0.05) is 17.8 Å². The summed E-state index contributed by atoms with van der Waals surface area (Å²) in [5.41, 5.74) is 8.61. The topological polar surface area (TPSA) is 53.9 Å². The number of amides is 1. The van der Waals surface area contributed by atoms with Crippen LogP contribution in [0.2, 0.25) is 0 Å². The number of nitrogens with zero attached hydrogens (tertiary/aromatic N) is 2. The Morgan fingerprint density at radius 3 is 2.81 bits per heavy atom. The summed E-state index contributed by atoms with van der Waals surface area (Å²) in [7, 11) is 1.62. The maximum Gasteiger partial charge on any atom is 0.244 e. The Hall–Kier alpha value is -2.82. The van der Waals surface area contributed by atoms with Crippen LogP contribution in [0.25, 0.3) is 0 Å². The molecule has 0 aromatic heterocycles. The summed E-state index contributed by atoms with van der Waals surface area (Å²) in [6, 6.07) is 12.0. The summed E-state index contributed by atoms with van der Waals surface area (Å²) < 4.78 is 5.21. The largest absolute Gasteiger partial charge is 0.497 e. The van der Waals surface area contributed by atoms with Crippen molar-refractivity contribution in [2.75, 3.05) is 18.6 Å². The van der Waals surface area contributed by atoms with E-state index in [1.54, 1.807) is 13.3 Å². The first kappa shape index (κ1) is 22.9. The van der Waals surface area contributed by atoms with Gasteiger partial charge in [-0.1, -0.05) is 26.0 Å². The van der Waals surface area contributed by atoms with E-state index in [9.17, 15) is 4.79 Å². The van der Waals surface area contributed by atoms with Crippen LogP contribution in [0.3, 0.4) is 0 Å². The zero-order valence-electron chi connectivity index (χ0n) is 19.7. The number of rotatable bonds is 7. The van der Waals surface area contributed by atoms with Gasteiger partial charge in [0.2, 0.25) is 5.91 Å². The van der Waals surface area contributed by atoms with Crippen molar-refractivity contribution < 1.29 is 9.53 Å². The Labute approximate surface area is 186 Å². The van der Waals surface area contributed by atoms with E-state index < -0.39 is 0 Å². The highest BCUT2D eigenvalue weighted by molar-refractivity contribution is 5.86. The summed E-state index contributed by atoms with van der Waals surface area (Å²) in [4.78, 5) is 14.8. The first-order valence-corrected chi connectivity index (χ1v) is 11.1. The average Bonchev–Trinajstić information content (AvgIpc) is 2.71. The fraction of sp³-hybridized carbons (Fsp3) is 0.462. The highest BCUT2D eigenvalue weighted by Gasteiger charge is 2.36. The number of fused-ring (bicyclic) bond motifs is 1. The van der Waals surface area contributed by atoms with Crippen LogP contribution in [0.1, 0.15) is 68.7 Å². The molecule has 2 aromatic rings. The maximum atomic E-state index is 12.3. The van der Waals surface area contributed by atoms with Crippen LogP contribution in [0.5, 0.6) is 5.75 Å². The van der Waals surface area contributed by atoms with Crippen molar-refractivity contribution in [3.8, 4) is 5.75 Å². The third-order valence-electron chi connectivity index (χ3n) is 6.11. The predicted molar refractivity (Wildman–Crippen MR) is 128 cm³/mol. The second-order valence-corrected chi connectivity index (χ2v) is 9.16. The number of carbonyl (C=O) groups is 1. The van der Waals surface area contributed by atoms with Crippen molar-refractivity contribution in [3.63, 3.8) is 0 Å². The molecule has 3 rings (SSSR count). The van der Waals surface area contributed by atoms with Gasteiger partial charge in [0.1, 0.15) is 5.75 Å². The molecule has 1 amide bonds. The van der Waals surface area contributed by atoms with Crippen molar-refractivity contribution >= 4 is 17.8 Å². The third kappa shape index (κ3) is 5.27. The van der Waals surface area contributed by atoms with Crippen molar-refractivity contribution in [3.05, 3.63) is 58.7 Å². The number of benzene rings is 2. The van der Waals surface area contributed by atoms with E-state index in [1.807, 2.05) is 24.3 Å². The minimum atomic E-state index is -0.149. The summed E-state index contributed by atoms with van der Waals surface area (Å²) >= 11 is 0. The minimum absolute atomic E-state index is 0.149. The molecule has 1 heterocycles. The molecule has 1 aliphatic heterocycles. The molecule has 1 aliphatic rings. The molecule has 5 heteroatoms. The zero-order valence-corrected chi connectivity index (χ0v) is 19.7. The van der Waals surface area contributed by atoms with Crippen molar-refractivity contribution in [2.24, 2.45) is 5.10 Å². The molecule has 166 valence electrons. The number of anilines is 1. The van der Waals surface area contributed by atoms with E-state index >= 15 is 0 Å². The van der Waals surface area contributed by atoms with Gasteiger partial charge in [0.15, 0.2) is 0 Å². The molecule has 0 spiro atoms. The zero-order chi connectivity index (χ0) is 22.6. The fourth-order valence-corrected chi connectivity index (χ4v) is 4.62. The second-order valence-electron chi connectivity index (χ2n) is 9.16. The lowest BCUT2D eigenvalue weighted by Crippen LogP contribution is -2.48. The number of nitrogens with one attached hydrogen (secondary N) is 1. The SMILES string of the molecule is CCCN1c2cc(C)c(/C=N/NC(=O)Cc3cccc(OC)c3)cc2C(C)CC1(C)C. The molecule has 1 atom stereocenters. The molecule has 2 aromatic carbocycles. The lowest BCUT2D eigenvalue weighted by atomic mass is 9.79. The summed E-state index contributed by atoms with van der Waals surface area (Å²) in [5.74, 6) is 1.07. The lowest BCUT2D eigenvalue weighted by molar-refractivity contribution is -0.120. The van der Waals surface area contributed by atoms with E-state index in [1.165, 1.54) is 11.3 Å². The third-order valence-corrected chi connectivity index (χ3v) is 6.11. The molecule has 0 aliphatic carbocycles. The predicted octanol–water partition coefficient (Wildman–Crippen LogP) is 5.20. The Kier molecular flexibility index (Phi) is 7.04. The highest BCUT2D eigenvalue weighted by atomic mass is 16.5. The average molecular weight is 422 g/mol. The fourth-order valence-electron chi connectivity index (χ4n) is 4.62.